The molecule has 1 heterocycles. The Bertz CT molecular complexity index is 496. The molecule has 0 aromatic carbocycles. The van der Waals surface area contributed by atoms with E-state index in [1.165, 1.54) is 11.7 Å². The predicted molar refractivity (Wildman–Crippen MR) is 77.6 cm³/mol. The lowest BCUT2D eigenvalue weighted by Gasteiger charge is -2.19. The van der Waals surface area contributed by atoms with Crippen molar-refractivity contribution in [2.24, 2.45) is 13.0 Å². The number of nitrogens with one attached hydrogen (secondary N) is 1. The Kier molecular flexibility index (Phi) is 6.22. The van der Waals surface area contributed by atoms with Crippen LogP contribution in [0.25, 0.3) is 0 Å². The van der Waals surface area contributed by atoms with Crippen molar-refractivity contribution in [1.29, 1.82) is 0 Å². The molecule has 1 atom stereocenters. The molecule has 0 aliphatic rings. The fraction of sp³-hybridized carbons (Fsp3) is 0.800. The van der Waals surface area contributed by atoms with Crippen molar-refractivity contribution in [1.82, 2.24) is 19.7 Å². The first kappa shape index (κ1) is 16.9. The zero-order valence-electron chi connectivity index (χ0n) is 11.1. The highest BCUT2D eigenvalue weighted by Crippen LogP contribution is 2.20. The SMILES string of the molecule is CCC(CC)C(Cl)CNS(=O)(=O)c1c(Br)nnn1C. The molecule has 0 amide bonds. The Labute approximate surface area is 127 Å². The second-order valence-corrected chi connectivity index (χ2v) is 7.25. The van der Waals surface area contributed by atoms with Crippen LogP contribution < -0.4 is 4.72 Å². The largest absolute Gasteiger partial charge is 0.260 e. The highest BCUT2D eigenvalue weighted by molar-refractivity contribution is 9.10. The Hall–Kier alpha value is -0.180. The molecule has 110 valence electrons. The molecule has 0 radical (unpaired) electrons. The van der Waals surface area contributed by atoms with Gasteiger partial charge in [-0.15, -0.1) is 16.7 Å². The number of sulfonamides is 1. The quantitative estimate of drug-likeness (QED) is 0.741. The highest BCUT2D eigenvalue weighted by Gasteiger charge is 2.25. The lowest BCUT2D eigenvalue weighted by Crippen LogP contribution is -2.34. The molecule has 0 saturated carbocycles. The van der Waals surface area contributed by atoms with Gasteiger partial charge in [-0.2, -0.15) is 0 Å². The van der Waals surface area contributed by atoms with Crippen LogP contribution in [0, 0.1) is 5.92 Å². The standard InChI is InChI=1S/C10H18BrClN4O2S/c1-4-7(5-2)8(12)6-13-19(17,18)10-9(11)14-15-16(10)3/h7-8,13H,4-6H2,1-3H3. The molecule has 9 heteroatoms. The minimum absolute atomic E-state index is 0.000846. The molecule has 6 nitrogen and oxygen atoms in total. The summed E-state index contributed by atoms with van der Waals surface area (Å²) in [4.78, 5) is 0. The van der Waals surface area contributed by atoms with E-state index in [2.05, 4.69) is 31.0 Å². The zero-order valence-corrected chi connectivity index (χ0v) is 14.3. The van der Waals surface area contributed by atoms with Gasteiger partial charge in [0.1, 0.15) is 0 Å². The summed E-state index contributed by atoms with van der Waals surface area (Å²) in [5.74, 6) is 0.289. The Morgan fingerprint density at radius 2 is 2.00 bits per heavy atom. The van der Waals surface area contributed by atoms with Crippen molar-refractivity contribution in [2.45, 2.75) is 37.1 Å². The van der Waals surface area contributed by atoms with Gasteiger partial charge in [-0.25, -0.2) is 17.8 Å². The first-order valence-electron chi connectivity index (χ1n) is 6.02. The van der Waals surface area contributed by atoms with Crippen LogP contribution in [0.2, 0.25) is 0 Å². The maximum Gasteiger partial charge on any atom is 0.260 e. The third-order valence-electron chi connectivity index (χ3n) is 3.02. The topological polar surface area (TPSA) is 76.9 Å². The minimum Gasteiger partial charge on any atom is -0.235 e. The molecule has 1 N–H and O–H groups in total. The highest BCUT2D eigenvalue weighted by atomic mass is 79.9. The average Bonchev–Trinajstić information content (AvgIpc) is 2.69. The molecule has 0 bridgehead atoms. The summed E-state index contributed by atoms with van der Waals surface area (Å²) in [5.41, 5.74) is 0. The Morgan fingerprint density at radius 3 is 2.42 bits per heavy atom. The number of rotatable bonds is 7. The van der Waals surface area contributed by atoms with Crippen molar-refractivity contribution >= 4 is 37.6 Å². The lowest BCUT2D eigenvalue weighted by molar-refractivity contribution is 0.459. The molecular formula is C10H18BrClN4O2S. The maximum atomic E-state index is 12.1. The van der Waals surface area contributed by atoms with Crippen LogP contribution in [0.3, 0.4) is 0 Å². The number of halogens is 2. The van der Waals surface area contributed by atoms with Gasteiger partial charge in [0, 0.05) is 19.0 Å². The van der Waals surface area contributed by atoms with Gasteiger partial charge in [-0.1, -0.05) is 31.9 Å². The molecule has 0 aliphatic heterocycles. The number of nitrogens with zero attached hydrogens (tertiary/aromatic N) is 3. The van der Waals surface area contributed by atoms with Crippen molar-refractivity contribution in [3.8, 4) is 0 Å². The van der Waals surface area contributed by atoms with Crippen LogP contribution >= 0.6 is 27.5 Å². The maximum absolute atomic E-state index is 12.1. The van der Waals surface area contributed by atoms with Crippen LogP contribution in [0.5, 0.6) is 0 Å². The van der Waals surface area contributed by atoms with E-state index >= 15 is 0 Å². The first-order valence-corrected chi connectivity index (χ1v) is 8.73. The van der Waals surface area contributed by atoms with Gasteiger partial charge in [0.15, 0.2) is 4.60 Å². The van der Waals surface area contributed by atoms with E-state index in [1.54, 1.807) is 0 Å². The summed E-state index contributed by atoms with van der Waals surface area (Å²) in [6, 6.07) is 0. The van der Waals surface area contributed by atoms with Gasteiger partial charge < -0.3 is 0 Å². The number of aryl methyl sites for hydroxylation is 1. The predicted octanol–water partition coefficient (Wildman–Crippen LogP) is 1.90. The Morgan fingerprint density at radius 1 is 1.42 bits per heavy atom. The molecule has 0 aliphatic carbocycles. The van der Waals surface area contributed by atoms with Crippen molar-refractivity contribution < 1.29 is 8.42 Å². The fourth-order valence-electron chi connectivity index (χ4n) is 1.83. The normalized spacial score (nSPS) is 14.0. The summed E-state index contributed by atoms with van der Waals surface area (Å²) in [5, 5.41) is 7.07. The van der Waals surface area contributed by atoms with Gasteiger partial charge in [-0.3, -0.25) is 0 Å². The van der Waals surface area contributed by atoms with Crippen LogP contribution in [0.1, 0.15) is 26.7 Å². The summed E-state index contributed by atoms with van der Waals surface area (Å²) >= 11 is 9.29. The van der Waals surface area contributed by atoms with Gasteiger partial charge in [0.2, 0.25) is 5.03 Å². The lowest BCUT2D eigenvalue weighted by atomic mass is 9.99. The van der Waals surface area contributed by atoms with E-state index in [0.29, 0.717) is 0 Å². The molecule has 1 unspecified atom stereocenters. The van der Waals surface area contributed by atoms with Crippen molar-refractivity contribution in [3.63, 3.8) is 0 Å². The van der Waals surface area contributed by atoms with Gasteiger partial charge in [0.05, 0.1) is 0 Å². The van der Waals surface area contributed by atoms with Crippen LogP contribution in [-0.2, 0) is 17.1 Å². The van der Waals surface area contributed by atoms with Crippen LogP contribution in [-0.4, -0.2) is 35.3 Å². The average molecular weight is 374 g/mol. The van der Waals surface area contributed by atoms with E-state index in [4.69, 9.17) is 11.6 Å². The van der Waals surface area contributed by atoms with Crippen molar-refractivity contribution in [3.05, 3.63) is 4.60 Å². The fourth-order valence-corrected chi connectivity index (χ4v) is 4.51. The van der Waals surface area contributed by atoms with Crippen LogP contribution in [0.4, 0.5) is 0 Å². The molecule has 19 heavy (non-hydrogen) atoms. The number of aromatic nitrogens is 3. The third kappa shape index (κ3) is 4.14. The smallest absolute Gasteiger partial charge is 0.235 e. The number of alkyl halides is 1. The third-order valence-corrected chi connectivity index (χ3v) is 5.84. The van der Waals surface area contributed by atoms with Gasteiger partial charge in [0.25, 0.3) is 10.0 Å². The molecule has 0 fully saturated rings. The molecule has 1 rings (SSSR count). The molecule has 1 aromatic rings. The molecular weight excluding hydrogens is 356 g/mol. The molecule has 0 saturated heterocycles. The molecule has 1 aromatic heterocycles. The monoisotopic (exact) mass is 372 g/mol. The van der Waals surface area contributed by atoms with E-state index in [1.807, 2.05) is 13.8 Å². The van der Waals surface area contributed by atoms with E-state index < -0.39 is 10.0 Å². The zero-order chi connectivity index (χ0) is 14.6. The summed E-state index contributed by atoms with van der Waals surface area (Å²) in [7, 11) is -2.15. The Balaban J connectivity index is 2.77. The van der Waals surface area contributed by atoms with Gasteiger partial charge in [-0.05, 0) is 21.8 Å². The van der Waals surface area contributed by atoms with Gasteiger partial charge >= 0.3 is 0 Å². The van der Waals surface area contributed by atoms with E-state index in [-0.39, 0.29) is 27.5 Å². The second kappa shape index (κ2) is 7.01. The summed E-state index contributed by atoms with van der Waals surface area (Å²) < 4.78 is 28.2. The second-order valence-electron chi connectivity index (χ2n) is 4.25. The van der Waals surface area contributed by atoms with Crippen molar-refractivity contribution in [2.75, 3.05) is 6.54 Å². The number of hydrogen-bond acceptors (Lipinski definition) is 4. The summed E-state index contributed by atoms with van der Waals surface area (Å²) in [6.45, 7) is 4.27. The number of hydrogen-bond donors (Lipinski definition) is 1. The van der Waals surface area contributed by atoms with E-state index in [0.717, 1.165) is 12.8 Å². The van der Waals surface area contributed by atoms with E-state index in [9.17, 15) is 8.42 Å². The van der Waals surface area contributed by atoms with Crippen LogP contribution in [0.15, 0.2) is 9.63 Å². The first-order chi connectivity index (χ1) is 8.83. The molecule has 0 spiro atoms. The minimum atomic E-state index is -3.67. The summed E-state index contributed by atoms with van der Waals surface area (Å²) in [6.07, 6.45) is 1.84.